The fourth-order valence-corrected chi connectivity index (χ4v) is 2.57. The number of nitrogens with two attached hydrogens (primary N) is 1. The topological polar surface area (TPSA) is 26.0 Å². The minimum atomic E-state index is 0.889. The van der Waals surface area contributed by atoms with E-state index in [2.05, 4.69) is 22.0 Å². The molecule has 1 nitrogen and oxygen atoms in total. The summed E-state index contributed by atoms with van der Waals surface area (Å²) in [6.07, 6.45) is 0. The largest absolute Gasteiger partial charge is 0.398 e. The van der Waals surface area contributed by atoms with Crippen molar-refractivity contribution in [3.8, 4) is 0 Å². The van der Waals surface area contributed by atoms with Gasteiger partial charge < -0.3 is 5.73 Å². The third-order valence-corrected chi connectivity index (χ3v) is 3.75. The maximum Gasteiger partial charge on any atom is 0.0502 e. The second-order valence-corrected chi connectivity index (χ2v) is 5.31. The molecule has 0 saturated carbocycles. The summed E-state index contributed by atoms with van der Waals surface area (Å²) in [5.74, 6) is 0. The SMILES string of the molecule is Brc1ccccc1.CC.CC.Nc1csc2ccccc12. The number of fused-ring (bicyclic) bond motifs is 1. The van der Waals surface area contributed by atoms with Crippen LogP contribution >= 0.6 is 27.3 Å². The van der Waals surface area contributed by atoms with Gasteiger partial charge in [0.05, 0.1) is 5.69 Å². The van der Waals surface area contributed by atoms with Crippen molar-refractivity contribution in [3.63, 3.8) is 0 Å². The van der Waals surface area contributed by atoms with Crippen LogP contribution in [0, 0.1) is 0 Å². The summed E-state index contributed by atoms with van der Waals surface area (Å²) in [5.41, 5.74) is 6.58. The van der Waals surface area contributed by atoms with Gasteiger partial charge in [0.15, 0.2) is 0 Å². The molecule has 0 amide bonds. The lowest BCUT2D eigenvalue weighted by Gasteiger charge is -1.87. The highest BCUT2D eigenvalue weighted by Crippen LogP contribution is 2.26. The molecule has 0 fully saturated rings. The molecule has 1 aromatic heterocycles. The Labute approximate surface area is 140 Å². The van der Waals surface area contributed by atoms with E-state index >= 15 is 0 Å². The molecule has 3 aromatic rings. The smallest absolute Gasteiger partial charge is 0.0502 e. The Morgan fingerprint density at radius 2 is 1.33 bits per heavy atom. The first kappa shape index (κ1) is 19.7. The first-order valence-corrected chi connectivity index (χ1v) is 8.87. The summed E-state index contributed by atoms with van der Waals surface area (Å²) in [6, 6.07) is 18.1. The van der Waals surface area contributed by atoms with Crippen molar-refractivity contribution in [2.24, 2.45) is 0 Å². The average molecular weight is 366 g/mol. The standard InChI is InChI=1S/C8H7NS.C6H5Br.2C2H6/c9-7-5-10-8-4-2-1-3-6(7)8;7-6-4-2-1-3-5-6;2*1-2/h1-5H,9H2;1-5H;2*1-2H3. The van der Waals surface area contributed by atoms with E-state index in [1.165, 1.54) is 10.1 Å². The molecule has 0 saturated heterocycles. The molecule has 114 valence electrons. The molecule has 0 atom stereocenters. The van der Waals surface area contributed by atoms with Gasteiger partial charge in [-0.25, -0.2) is 0 Å². The van der Waals surface area contributed by atoms with Gasteiger partial charge in [-0.1, -0.05) is 80.0 Å². The van der Waals surface area contributed by atoms with Gasteiger partial charge in [0, 0.05) is 19.9 Å². The maximum atomic E-state index is 5.69. The molecule has 1 heterocycles. The van der Waals surface area contributed by atoms with E-state index in [4.69, 9.17) is 5.73 Å². The van der Waals surface area contributed by atoms with E-state index in [1.807, 2.05) is 81.6 Å². The third-order valence-electron chi connectivity index (χ3n) is 2.24. The average Bonchev–Trinajstić information content (AvgIpc) is 2.95. The van der Waals surface area contributed by atoms with Gasteiger partial charge >= 0.3 is 0 Å². The highest BCUT2D eigenvalue weighted by atomic mass is 79.9. The Kier molecular flexibility index (Phi) is 11.6. The van der Waals surface area contributed by atoms with Crippen LogP contribution in [0.1, 0.15) is 27.7 Å². The fraction of sp³-hybridized carbons (Fsp3) is 0.222. The van der Waals surface area contributed by atoms with Crippen LogP contribution in [0.4, 0.5) is 5.69 Å². The van der Waals surface area contributed by atoms with Gasteiger partial charge in [0.25, 0.3) is 0 Å². The van der Waals surface area contributed by atoms with E-state index in [-0.39, 0.29) is 0 Å². The summed E-state index contributed by atoms with van der Waals surface area (Å²) < 4.78 is 2.40. The van der Waals surface area contributed by atoms with Gasteiger partial charge in [0.2, 0.25) is 0 Å². The molecular formula is C18H24BrNS. The molecule has 2 N–H and O–H groups in total. The predicted octanol–water partition coefficient (Wildman–Crippen LogP) is 6.99. The Bertz CT molecular complexity index is 590. The highest BCUT2D eigenvalue weighted by Gasteiger charge is 1.96. The van der Waals surface area contributed by atoms with Crippen molar-refractivity contribution in [1.29, 1.82) is 0 Å². The van der Waals surface area contributed by atoms with Crippen LogP contribution in [0.5, 0.6) is 0 Å². The first-order valence-electron chi connectivity index (χ1n) is 7.19. The zero-order valence-electron chi connectivity index (χ0n) is 13.1. The number of benzene rings is 2. The van der Waals surface area contributed by atoms with Crippen molar-refractivity contribution in [1.82, 2.24) is 0 Å². The lowest BCUT2D eigenvalue weighted by atomic mass is 10.2. The van der Waals surface area contributed by atoms with Crippen LogP contribution in [0.25, 0.3) is 10.1 Å². The van der Waals surface area contributed by atoms with E-state index in [0.717, 1.165) is 10.2 Å². The lowest BCUT2D eigenvalue weighted by molar-refractivity contribution is 1.50. The molecule has 0 unspecified atom stereocenters. The molecule has 2 aromatic carbocycles. The van der Waals surface area contributed by atoms with Crippen LogP contribution in [-0.2, 0) is 0 Å². The van der Waals surface area contributed by atoms with Crippen molar-refractivity contribution < 1.29 is 0 Å². The summed E-state index contributed by atoms with van der Waals surface area (Å²) in [7, 11) is 0. The summed E-state index contributed by atoms with van der Waals surface area (Å²) >= 11 is 5.00. The molecule has 21 heavy (non-hydrogen) atoms. The van der Waals surface area contributed by atoms with E-state index in [1.54, 1.807) is 11.3 Å². The Hall–Kier alpha value is -1.32. The monoisotopic (exact) mass is 365 g/mol. The van der Waals surface area contributed by atoms with Crippen LogP contribution in [-0.4, -0.2) is 0 Å². The van der Waals surface area contributed by atoms with Crippen LogP contribution < -0.4 is 5.73 Å². The quantitative estimate of drug-likeness (QED) is 0.456. The molecule has 0 aliphatic heterocycles. The Morgan fingerprint density at radius 3 is 1.81 bits per heavy atom. The number of anilines is 1. The zero-order chi connectivity index (χ0) is 16.1. The highest BCUT2D eigenvalue weighted by molar-refractivity contribution is 9.10. The van der Waals surface area contributed by atoms with Crippen LogP contribution in [0.3, 0.4) is 0 Å². The van der Waals surface area contributed by atoms with Gasteiger partial charge in [-0.2, -0.15) is 0 Å². The van der Waals surface area contributed by atoms with E-state index in [0.29, 0.717) is 0 Å². The maximum absolute atomic E-state index is 5.69. The minimum absolute atomic E-state index is 0.889. The molecular weight excluding hydrogens is 342 g/mol. The summed E-state index contributed by atoms with van der Waals surface area (Å²) in [5, 5.41) is 3.15. The molecule has 0 spiro atoms. The number of hydrogen-bond donors (Lipinski definition) is 1. The van der Waals surface area contributed by atoms with Gasteiger partial charge in [-0.3, -0.25) is 0 Å². The van der Waals surface area contributed by atoms with Crippen molar-refractivity contribution in [2.75, 3.05) is 5.73 Å². The summed E-state index contributed by atoms with van der Waals surface area (Å²) in [4.78, 5) is 0. The Morgan fingerprint density at radius 1 is 0.810 bits per heavy atom. The molecule has 0 aliphatic carbocycles. The molecule has 3 heteroatoms. The molecule has 0 bridgehead atoms. The molecule has 3 rings (SSSR count). The van der Waals surface area contributed by atoms with Crippen LogP contribution in [0.2, 0.25) is 0 Å². The number of nitrogen functional groups attached to an aromatic ring is 1. The summed E-state index contributed by atoms with van der Waals surface area (Å²) in [6.45, 7) is 8.00. The minimum Gasteiger partial charge on any atom is -0.398 e. The van der Waals surface area contributed by atoms with Gasteiger partial charge in [-0.15, -0.1) is 11.3 Å². The Balaban J connectivity index is 0.000000321. The molecule has 0 aliphatic rings. The number of thiophene rings is 1. The zero-order valence-corrected chi connectivity index (χ0v) is 15.5. The number of hydrogen-bond acceptors (Lipinski definition) is 2. The number of halogens is 1. The van der Waals surface area contributed by atoms with Gasteiger partial charge in [0.1, 0.15) is 0 Å². The number of rotatable bonds is 0. The predicted molar refractivity (Wildman–Crippen MR) is 103 cm³/mol. The van der Waals surface area contributed by atoms with Crippen molar-refractivity contribution >= 4 is 43.0 Å². The van der Waals surface area contributed by atoms with Crippen molar-refractivity contribution in [3.05, 3.63) is 64.5 Å². The van der Waals surface area contributed by atoms with Crippen molar-refractivity contribution in [2.45, 2.75) is 27.7 Å². The van der Waals surface area contributed by atoms with Gasteiger partial charge in [-0.05, 0) is 18.2 Å². The van der Waals surface area contributed by atoms with E-state index < -0.39 is 0 Å². The first-order chi connectivity index (χ1) is 10.3. The second kappa shape index (κ2) is 12.4. The second-order valence-electron chi connectivity index (χ2n) is 3.48. The van der Waals surface area contributed by atoms with E-state index in [9.17, 15) is 0 Å². The third kappa shape index (κ3) is 7.30. The van der Waals surface area contributed by atoms with Crippen LogP contribution in [0.15, 0.2) is 64.5 Å². The fourth-order valence-electron chi connectivity index (χ4n) is 1.41. The molecule has 0 radical (unpaired) electrons. The normalized spacial score (nSPS) is 8.43. The lowest BCUT2D eigenvalue weighted by Crippen LogP contribution is -1.78.